The topological polar surface area (TPSA) is 44.8 Å². The molecule has 0 spiro atoms. The molecule has 2 heterocycles. The lowest BCUT2D eigenvalue weighted by molar-refractivity contribution is 0.0921. The largest absolute Gasteiger partial charge is 0.450 e. The van der Waals surface area contributed by atoms with Crippen molar-refractivity contribution in [2.75, 3.05) is 39.3 Å². The third-order valence-electron chi connectivity index (χ3n) is 4.45. The van der Waals surface area contributed by atoms with Crippen molar-refractivity contribution < 1.29 is 9.53 Å². The van der Waals surface area contributed by atoms with Gasteiger partial charge < -0.3 is 19.9 Å². The summed E-state index contributed by atoms with van der Waals surface area (Å²) in [5.74, 6) is 0. The highest BCUT2D eigenvalue weighted by Crippen LogP contribution is 2.15. The van der Waals surface area contributed by atoms with Crippen LogP contribution in [0.5, 0.6) is 0 Å². The third kappa shape index (κ3) is 4.35. The first-order valence-corrected chi connectivity index (χ1v) is 8.13. The molecule has 0 aromatic rings. The van der Waals surface area contributed by atoms with Crippen LogP contribution in [-0.2, 0) is 4.74 Å². The number of ether oxygens (including phenoxy) is 1. The van der Waals surface area contributed by atoms with E-state index in [1.165, 1.54) is 25.9 Å². The molecule has 1 amide bonds. The van der Waals surface area contributed by atoms with Crippen LogP contribution in [-0.4, -0.2) is 67.3 Å². The van der Waals surface area contributed by atoms with Crippen LogP contribution >= 0.6 is 0 Å². The van der Waals surface area contributed by atoms with Gasteiger partial charge in [0.25, 0.3) is 0 Å². The maximum absolute atomic E-state index is 11.7. The maximum atomic E-state index is 11.7. The number of likely N-dealkylation sites (tertiary alicyclic amines) is 2. The number of carbonyl (C=O) groups is 1. The third-order valence-corrected chi connectivity index (χ3v) is 4.45. The Labute approximate surface area is 122 Å². The van der Waals surface area contributed by atoms with Crippen LogP contribution in [0.15, 0.2) is 0 Å². The molecule has 0 aliphatic carbocycles. The zero-order chi connectivity index (χ0) is 14.4. The minimum atomic E-state index is -0.152. The SMILES string of the molecule is CCOC(=O)N1CCC(NC2CCCN(CC)C2)CC1. The van der Waals surface area contributed by atoms with Crippen molar-refractivity contribution in [3.63, 3.8) is 0 Å². The second-order valence-electron chi connectivity index (χ2n) is 5.86. The number of hydrogen-bond acceptors (Lipinski definition) is 4. The number of piperidine rings is 2. The molecule has 2 aliphatic heterocycles. The van der Waals surface area contributed by atoms with Gasteiger partial charge in [-0.2, -0.15) is 0 Å². The number of nitrogens with one attached hydrogen (secondary N) is 1. The number of amides is 1. The lowest BCUT2D eigenvalue weighted by Gasteiger charge is -2.37. The Kier molecular flexibility index (Phi) is 6.10. The number of rotatable bonds is 4. The average molecular weight is 283 g/mol. The van der Waals surface area contributed by atoms with Crippen LogP contribution < -0.4 is 5.32 Å². The summed E-state index contributed by atoms with van der Waals surface area (Å²) < 4.78 is 5.06. The summed E-state index contributed by atoms with van der Waals surface area (Å²) in [5, 5.41) is 3.79. The molecule has 0 radical (unpaired) electrons. The van der Waals surface area contributed by atoms with Crippen LogP contribution in [0.1, 0.15) is 39.5 Å². The second-order valence-corrected chi connectivity index (χ2v) is 5.86. The zero-order valence-corrected chi connectivity index (χ0v) is 12.9. The quantitative estimate of drug-likeness (QED) is 0.852. The monoisotopic (exact) mass is 283 g/mol. The van der Waals surface area contributed by atoms with Gasteiger partial charge in [0.15, 0.2) is 0 Å². The molecule has 0 aromatic carbocycles. The van der Waals surface area contributed by atoms with Gasteiger partial charge in [0.2, 0.25) is 0 Å². The summed E-state index contributed by atoms with van der Waals surface area (Å²) in [4.78, 5) is 16.0. The van der Waals surface area contributed by atoms with Crippen LogP contribution in [0.25, 0.3) is 0 Å². The van der Waals surface area contributed by atoms with Crippen molar-refractivity contribution in [3.8, 4) is 0 Å². The normalized spacial score (nSPS) is 25.7. The molecule has 116 valence electrons. The van der Waals surface area contributed by atoms with E-state index in [1.54, 1.807) is 0 Å². The average Bonchev–Trinajstić information content (AvgIpc) is 2.48. The van der Waals surface area contributed by atoms with Crippen molar-refractivity contribution in [1.82, 2.24) is 15.1 Å². The molecule has 0 bridgehead atoms. The number of carbonyl (C=O) groups excluding carboxylic acids is 1. The molecule has 1 atom stereocenters. The van der Waals surface area contributed by atoms with Crippen LogP contribution in [0.3, 0.4) is 0 Å². The van der Waals surface area contributed by atoms with E-state index in [9.17, 15) is 4.79 Å². The highest BCUT2D eigenvalue weighted by molar-refractivity contribution is 5.67. The summed E-state index contributed by atoms with van der Waals surface area (Å²) in [6.07, 6.45) is 4.52. The van der Waals surface area contributed by atoms with Crippen molar-refractivity contribution in [2.24, 2.45) is 0 Å². The molecule has 0 saturated carbocycles. The molecular weight excluding hydrogens is 254 g/mol. The molecule has 2 aliphatic rings. The maximum Gasteiger partial charge on any atom is 0.409 e. The van der Waals surface area contributed by atoms with Crippen LogP contribution in [0, 0.1) is 0 Å². The first-order chi connectivity index (χ1) is 9.72. The minimum Gasteiger partial charge on any atom is -0.450 e. The molecule has 1 unspecified atom stereocenters. The van der Waals surface area contributed by atoms with Gasteiger partial charge in [-0.25, -0.2) is 4.79 Å². The van der Waals surface area contributed by atoms with Crippen LogP contribution in [0.4, 0.5) is 4.79 Å². The first kappa shape index (κ1) is 15.6. The Morgan fingerprint density at radius 3 is 2.55 bits per heavy atom. The molecule has 20 heavy (non-hydrogen) atoms. The van der Waals surface area contributed by atoms with Crippen molar-refractivity contribution in [3.05, 3.63) is 0 Å². The predicted octanol–water partition coefficient (Wildman–Crippen LogP) is 1.68. The van der Waals surface area contributed by atoms with E-state index in [4.69, 9.17) is 4.74 Å². The van der Waals surface area contributed by atoms with E-state index in [2.05, 4.69) is 17.1 Å². The fourth-order valence-corrected chi connectivity index (χ4v) is 3.26. The highest BCUT2D eigenvalue weighted by Gasteiger charge is 2.26. The Morgan fingerprint density at radius 1 is 1.15 bits per heavy atom. The van der Waals surface area contributed by atoms with Gasteiger partial charge in [-0.05, 0) is 45.7 Å². The second kappa shape index (κ2) is 7.84. The summed E-state index contributed by atoms with van der Waals surface area (Å²) in [7, 11) is 0. The van der Waals surface area contributed by atoms with E-state index in [1.807, 2.05) is 11.8 Å². The first-order valence-electron chi connectivity index (χ1n) is 8.13. The Hall–Kier alpha value is -0.810. The predicted molar refractivity (Wildman–Crippen MR) is 79.9 cm³/mol. The van der Waals surface area contributed by atoms with E-state index >= 15 is 0 Å². The Bertz CT molecular complexity index is 303. The van der Waals surface area contributed by atoms with Gasteiger partial charge in [0, 0.05) is 31.7 Å². The van der Waals surface area contributed by atoms with Gasteiger partial charge in [0.05, 0.1) is 6.61 Å². The minimum absolute atomic E-state index is 0.152. The number of likely N-dealkylation sites (N-methyl/N-ethyl adjacent to an activating group) is 1. The molecule has 0 aromatic heterocycles. The Morgan fingerprint density at radius 2 is 1.90 bits per heavy atom. The van der Waals surface area contributed by atoms with Crippen molar-refractivity contribution in [1.29, 1.82) is 0 Å². The highest BCUT2D eigenvalue weighted by atomic mass is 16.6. The van der Waals surface area contributed by atoms with E-state index in [-0.39, 0.29) is 6.09 Å². The summed E-state index contributed by atoms with van der Waals surface area (Å²) in [5.41, 5.74) is 0. The van der Waals surface area contributed by atoms with Gasteiger partial charge in [-0.3, -0.25) is 0 Å². The number of hydrogen-bond donors (Lipinski definition) is 1. The smallest absolute Gasteiger partial charge is 0.409 e. The lowest BCUT2D eigenvalue weighted by Crippen LogP contribution is -2.52. The van der Waals surface area contributed by atoms with Gasteiger partial charge in [-0.1, -0.05) is 6.92 Å². The van der Waals surface area contributed by atoms with Crippen molar-refractivity contribution in [2.45, 2.75) is 51.6 Å². The zero-order valence-electron chi connectivity index (χ0n) is 12.9. The summed E-state index contributed by atoms with van der Waals surface area (Å²) >= 11 is 0. The Balaban J connectivity index is 1.70. The van der Waals surface area contributed by atoms with E-state index in [0.29, 0.717) is 18.7 Å². The molecule has 2 fully saturated rings. The summed E-state index contributed by atoms with van der Waals surface area (Å²) in [6.45, 7) is 9.77. The molecule has 2 rings (SSSR count). The van der Waals surface area contributed by atoms with Gasteiger partial charge >= 0.3 is 6.09 Å². The van der Waals surface area contributed by atoms with Crippen LogP contribution in [0.2, 0.25) is 0 Å². The molecule has 5 heteroatoms. The fourth-order valence-electron chi connectivity index (χ4n) is 3.26. The van der Waals surface area contributed by atoms with Gasteiger partial charge in [0.1, 0.15) is 0 Å². The van der Waals surface area contributed by atoms with Crippen molar-refractivity contribution >= 4 is 6.09 Å². The van der Waals surface area contributed by atoms with E-state index < -0.39 is 0 Å². The standard InChI is InChI=1S/C15H29N3O2/c1-3-17-9-5-6-14(12-17)16-13-7-10-18(11-8-13)15(19)20-4-2/h13-14,16H,3-12H2,1-2H3. The lowest BCUT2D eigenvalue weighted by atomic mass is 10.0. The molecule has 2 saturated heterocycles. The molecule has 1 N–H and O–H groups in total. The van der Waals surface area contributed by atoms with E-state index in [0.717, 1.165) is 32.5 Å². The molecular formula is C15H29N3O2. The summed E-state index contributed by atoms with van der Waals surface area (Å²) in [6, 6.07) is 1.19. The molecule has 5 nitrogen and oxygen atoms in total. The fraction of sp³-hybridized carbons (Fsp3) is 0.933. The van der Waals surface area contributed by atoms with Gasteiger partial charge in [-0.15, -0.1) is 0 Å². The number of nitrogens with zero attached hydrogens (tertiary/aromatic N) is 2.